The van der Waals surface area contributed by atoms with E-state index in [0.29, 0.717) is 0 Å². The molecule has 6 heteroatoms. The first-order valence-corrected chi connectivity index (χ1v) is 7.66. The molecule has 0 aliphatic heterocycles. The van der Waals surface area contributed by atoms with Crippen LogP contribution >= 0.6 is 11.3 Å². The Morgan fingerprint density at radius 3 is 2.81 bits per heavy atom. The summed E-state index contributed by atoms with van der Waals surface area (Å²) in [5, 5.41) is 12.8. The lowest BCUT2D eigenvalue weighted by Crippen LogP contribution is -2.12. The second-order valence-corrected chi connectivity index (χ2v) is 6.16. The summed E-state index contributed by atoms with van der Waals surface area (Å²) >= 11 is 1.69. The van der Waals surface area contributed by atoms with Crippen LogP contribution in [0.3, 0.4) is 0 Å². The van der Waals surface area contributed by atoms with Crippen molar-refractivity contribution in [1.82, 2.24) is 25.3 Å². The van der Waals surface area contributed by atoms with Crippen molar-refractivity contribution in [2.45, 2.75) is 26.6 Å². The maximum absolute atomic E-state index is 4.25. The highest BCUT2D eigenvalue weighted by Crippen LogP contribution is 2.12. The molecule has 3 aromatic rings. The maximum atomic E-state index is 4.25. The lowest BCUT2D eigenvalue weighted by Gasteiger charge is -2.01. The van der Waals surface area contributed by atoms with Crippen molar-refractivity contribution in [2.24, 2.45) is 0 Å². The van der Waals surface area contributed by atoms with Crippen molar-refractivity contribution < 1.29 is 0 Å². The molecule has 0 bridgehead atoms. The van der Waals surface area contributed by atoms with Gasteiger partial charge >= 0.3 is 0 Å². The summed E-state index contributed by atoms with van der Waals surface area (Å²) in [5.74, 6) is 0. The SMILES string of the molecule is Cc1ncc(Cn2cc(CNCc3ccccc3)nn2)s1. The zero-order valence-corrected chi connectivity index (χ0v) is 12.7. The quantitative estimate of drug-likeness (QED) is 0.759. The molecule has 3 rings (SSSR count). The van der Waals surface area contributed by atoms with Crippen molar-refractivity contribution in [2.75, 3.05) is 0 Å². The monoisotopic (exact) mass is 299 g/mol. The molecule has 0 radical (unpaired) electrons. The minimum atomic E-state index is 0.719. The molecule has 2 aromatic heterocycles. The van der Waals surface area contributed by atoms with E-state index in [-0.39, 0.29) is 0 Å². The van der Waals surface area contributed by atoms with Crippen LogP contribution in [0.15, 0.2) is 42.7 Å². The van der Waals surface area contributed by atoms with Crippen LogP contribution in [-0.2, 0) is 19.6 Å². The number of rotatable bonds is 6. The summed E-state index contributed by atoms with van der Waals surface area (Å²) in [4.78, 5) is 5.44. The van der Waals surface area contributed by atoms with Crippen LogP contribution in [0.2, 0.25) is 0 Å². The third kappa shape index (κ3) is 3.96. The van der Waals surface area contributed by atoms with Crippen molar-refractivity contribution in [3.63, 3.8) is 0 Å². The highest BCUT2D eigenvalue weighted by atomic mass is 32.1. The predicted molar refractivity (Wildman–Crippen MR) is 83.0 cm³/mol. The van der Waals surface area contributed by atoms with E-state index in [4.69, 9.17) is 0 Å². The summed E-state index contributed by atoms with van der Waals surface area (Å²) < 4.78 is 1.85. The summed E-state index contributed by atoms with van der Waals surface area (Å²) in [6, 6.07) is 10.3. The van der Waals surface area contributed by atoms with Gasteiger partial charge in [0.1, 0.15) is 0 Å². The first-order valence-electron chi connectivity index (χ1n) is 6.84. The average Bonchev–Trinajstić information content (AvgIpc) is 3.10. The summed E-state index contributed by atoms with van der Waals surface area (Å²) in [5.41, 5.74) is 2.22. The van der Waals surface area contributed by atoms with Gasteiger partial charge < -0.3 is 5.32 Å². The number of hydrogen-bond donors (Lipinski definition) is 1. The molecule has 0 amide bonds. The van der Waals surface area contributed by atoms with Gasteiger partial charge in [0.2, 0.25) is 0 Å². The number of hydrogen-bond acceptors (Lipinski definition) is 5. The molecule has 1 N–H and O–H groups in total. The Kier molecular flexibility index (Phi) is 4.37. The lowest BCUT2D eigenvalue weighted by molar-refractivity contribution is 0.651. The predicted octanol–water partition coefficient (Wildman–Crippen LogP) is 2.38. The smallest absolute Gasteiger partial charge is 0.0965 e. The van der Waals surface area contributed by atoms with Gasteiger partial charge in [-0.05, 0) is 12.5 Å². The Balaban J connectivity index is 1.51. The third-order valence-electron chi connectivity index (χ3n) is 3.05. The number of thiazole rings is 1. The number of aryl methyl sites for hydroxylation is 1. The van der Waals surface area contributed by atoms with E-state index in [9.17, 15) is 0 Å². The lowest BCUT2D eigenvalue weighted by atomic mass is 10.2. The second-order valence-electron chi connectivity index (χ2n) is 4.84. The molecular formula is C15H17N5S. The van der Waals surface area contributed by atoms with Crippen molar-refractivity contribution in [1.29, 1.82) is 0 Å². The maximum Gasteiger partial charge on any atom is 0.0965 e. The molecule has 108 valence electrons. The van der Waals surface area contributed by atoms with E-state index in [1.165, 1.54) is 10.4 Å². The second kappa shape index (κ2) is 6.60. The minimum Gasteiger partial charge on any atom is -0.307 e. The molecule has 0 fully saturated rings. The minimum absolute atomic E-state index is 0.719. The van der Waals surface area contributed by atoms with Crippen LogP contribution in [-0.4, -0.2) is 20.0 Å². The standard InChI is InChI=1S/C15H17N5S/c1-12-17-9-15(21-12)11-20-10-14(18-19-20)8-16-7-13-5-3-2-4-6-13/h2-6,9-10,16H,7-8,11H2,1H3. The number of benzene rings is 1. The van der Waals surface area contributed by atoms with Gasteiger partial charge in [-0.1, -0.05) is 35.5 Å². The van der Waals surface area contributed by atoms with Crippen LogP contribution in [0.4, 0.5) is 0 Å². The van der Waals surface area contributed by atoms with Crippen LogP contribution in [0.5, 0.6) is 0 Å². The van der Waals surface area contributed by atoms with Gasteiger partial charge in [0.15, 0.2) is 0 Å². The molecule has 0 aliphatic carbocycles. The molecule has 0 aliphatic rings. The number of nitrogens with zero attached hydrogens (tertiary/aromatic N) is 4. The average molecular weight is 299 g/mol. The van der Waals surface area contributed by atoms with Crippen LogP contribution in [0.25, 0.3) is 0 Å². The molecule has 0 spiro atoms. The Labute approximate surface area is 127 Å². The van der Waals surface area contributed by atoms with Crippen LogP contribution in [0.1, 0.15) is 21.1 Å². The Hall–Kier alpha value is -2.05. The van der Waals surface area contributed by atoms with Gasteiger partial charge in [0, 0.05) is 24.2 Å². The first-order chi connectivity index (χ1) is 10.3. The van der Waals surface area contributed by atoms with Crippen molar-refractivity contribution >= 4 is 11.3 Å². The number of nitrogens with one attached hydrogen (secondary N) is 1. The Morgan fingerprint density at radius 1 is 1.19 bits per heavy atom. The zero-order valence-electron chi connectivity index (χ0n) is 11.9. The Bertz CT molecular complexity index is 689. The van der Waals surface area contributed by atoms with E-state index < -0.39 is 0 Å². The highest BCUT2D eigenvalue weighted by molar-refractivity contribution is 7.11. The normalized spacial score (nSPS) is 10.9. The highest BCUT2D eigenvalue weighted by Gasteiger charge is 2.03. The van der Waals surface area contributed by atoms with E-state index in [2.05, 4.69) is 32.7 Å². The van der Waals surface area contributed by atoms with Gasteiger partial charge in [-0.15, -0.1) is 16.4 Å². The van der Waals surface area contributed by atoms with Gasteiger partial charge in [0.05, 0.1) is 23.4 Å². The molecule has 21 heavy (non-hydrogen) atoms. The van der Waals surface area contributed by atoms with Gasteiger partial charge in [-0.3, -0.25) is 0 Å². The third-order valence-corrected chi connectivity index (χ3v) is 3.95. The van der Waals surface area contributed by atoms with E-state index in [1.54, 1.807) is 11.3 Å². The van der Waals surface area contributed by atoms with Gasteiger partial charge in [-0.2, -0.15) is 0 Å². The largest absolute Gasteiger partial charge is 0.307 e. The molecule has 5 nitrogen and oxygen atoms in total. The van der Waals surface area contributed by atoms with Gasteiger partial charge in [0.25, 0.3) is 0 Å². The first kappa shape index (κ1) is 13.9. The fourth-order valence-corrected chi connectivity index (χ4v) is 2.85. The summed E-state index contributed by atoms with van der Waals surface area (Å²) in [6.07, 6.45) is 3.88. The summed E-state index contributed by atoms with van der Waals surface area (Å²) in [7, 11) is 0. The van der Waals surface area contributed by atoms with E-state index in [1.807, 2.05) is 42.2 Å². The summed E-state index contributed by atoms with van der Waals surface area (Å²) in [6.45, 7) is 4.30. The molecule has 0 unspecified atom stereocenters. The van der Waals surface area contributed by atoms with Crippen LogP contribution in [0, 0.1) is 6.92 Å². The van der Waals surface area contributed by atoms with E-state index in [0.717, 1.165) is 30.3 Å². The fourth-order valence-electron chi connectivity index (χ4n) is 2.07. The fraction of sp³-hybridized carbons (Fsp3) is 0.267. The molecular weight excluding hydrogens is 282 g/mol. The van der Waals surface area contributed by atoms with Gasteiger partial charge in [-0.25, -0.2) is 9.67 Å². The molecule has 1 aromatic carbocycles. The molecule has 0 atom stereocenters. The van der Waals surface area contributed by atoms with Crippen molar-refractivity contribution in [3.05, 3.63) is 63.9 Å². The topological polar surface area (TPSA) is 55.6 Å². The molecule has 0 saturated carbocycles. The zero-order chi connectivity index (χ0) is 14.5. The Morgan fingerprint density at radius 2 is 2.05 bits per heavy atom. The molecule has 2 heterocycles. The van der Waals surface area contributed by atoms with E-state index >= 15 is 0 Å². The number of aromatic nitrogens is 4. The van der Waals surface area contributed by atoms with Crippen LogP contribution < -0.4 is 5.32 Å². The molecule has 0 saturated heterocycles. The van der Waals surface area contributed by atoms with Crippen molar-refractivity contribution in [3.8, 4) is 0 Å².